The van der Waals surface area contributed by atoms with Gasteiger partial charge in [0.25, 0.3) is 5.91 Å². The Morgan fingerprint density at radius 3 is 2.76 bits per heavy atom. The third kappa shape index (κ3) is 3.74. The molecule has 0 bridgehead atoms. The molecule has 0 unspecified atom stereocenters. The van der Waals surface area contributed by atoms with Gasteiger partial charge in [-0.3, -0.25) is 4.79 Å². The molecule has 1 aliphatic heterocycles. The molecule has 0 atom stereocenters. The van der Waals surface area contributed by atoms with Gasteiger partial charge in [-0.2, -0.15) is 0 Å². The Morgan fingerprint density at radius 1 is 1.16 bits per heavy atom. The summed E-state index contributed by atoms with van der Waals surface area (Å²) in [6, 6.07) is 9.51. The molecule has 0 saturated carbocycles. The van der Waals surface area contributed by atoms with Crippen molar-refractivity contribution in [2.24, 2.45) is 0 Å². The average Bonchev–Trinajstić information content (AvgIpc) is 3.08. The van der Waals surface area contributed by atoms with Crippen molar-refractivity contribution >= 4 is 23.3 Å². The van der Waals surface area contributed by atoms with Gasteiger partial charge in [-0.15, -0.1) is 0 Å². The summed E-state index contributed by atoms with van der Waals surface area (Å²) in [6.45, 7) is -0.116. The number of hydrogen-bond acceptors (Lipinski definition) is 7. The molecule has 0 saturated heterocycles. The van der Waals surface area contributed by atoms with Crippen molar-refractivity contribution in [3.63, 3.8) is 0 Å². The molecule has 3 N–H and O–H groups in total. The number of benzene rings is 2. The van der Waals surface area contributed by atoms with Crippen molar-refractivity contribution in [1.82, 2.24) is 0 Å². The third-order valence-corrected chi connectivity index (χ3v) is 3.45. The molecular formula is C17H16N2O6. The average molecular weight is 344 g/mol. The predicted octanol–water partition coefficient (Wildman–Crippen LogP) is 1.80. The number of nitrogens with one attached hydrogen (secondary N) is 1. The number of carbonyl (C=O) groups is 2. The lowest BCUT2D eigenvalue weighted by molar-refractivity contribution is -0.118. The van der Waals surface area contributed by atoms with Crippen LogP contribution in [0, 0.1) is 0 Å². The number of amides is 1. The van der Waals surface area contributed by atoms with Crippen molar-refractivity contribution in [3.05, 3.63) is 42.0 Å². The van der Waals surface area contributed by atoms with E-state index in [1.807, 2.05) is 0 Å². The van der Waals surface area contributed by atoms with Gasteiger partial charge in [-0.25, -0.2) is 4.79 Å². The number of nitrogen functional groups attached to an aromatic ring is 1. The standard InChI is InChI=1S/C17H16N2O6/c1-22-17(21)10-2-4-12(18)14(6-10)23-8-16(20)19-11-3-5-13-15(7-11)25-9-24-13/h2-7H,8-9,18H2,1H3,(H,19,20). The highest BCUT2D eigenvalue weighted by atomic mass is 16.7. The van der Waals surface area contributed by atoms with E-state index in [1.54, 1.807) is 18.2 Å². The Bertz CT molecular complexity index is 821. The highest BCUT2D eigenvalue weighted by Gasteiger charge is 2.15. The minimum Gasteiger partial charge on any atom is -0.482 e. The van der Waals surface area contributed by atoms with Crippen molar-refractivity contribution in [1.29, 1.82) is 0 Å². The quantitative estimate of drug-likeness (QED) is 0.629. The maximum absolute atomic E-state index is 12.0. The summed E-state index contributed by atoms with van der Waals surface area (Å²) in [6.07, 6.45) is 0. The molecule has 8 heteroatoms. The fourth-order valence-corrected chi connectivity index (χ4v) is 2.22. The molecule has 1 heterocycles. The second kappa shape index (κ2) is 7.00. The maximum Gasteiger partial charge on any atom is 0.337 e. The highest BCUT2D eigenvalue weighted by molar-refractivity contribution is 5.93. The van der Waals surface area contributed by atoms with E-state index in [9.17, 15) is 9.59 Å². The van der Waals surface area contributed by atoms with E-state index in [0.29, 0.717) is 22.9 Å². The van der Waals surface area contributed by atoms with Crippen LogP contribution in [0.1, 0.15) is 10.4 Å². The summed E-state index contributed by atoms with van der Waals surface area (Å²) in [4.78, 5) is 23.6. The van der Waals surface area contributed by atoms with E-state index in [-0.39, 0.29) is 30.6 Å². The van der Waals surface area contributed by atoms with Crippen LogP contribution in [-0.2, 0) is 9.53 Å². The number of anilines is 2. The minimum absolute atomic E-state index is 0.158. The van der Waals surface area contributed by atoms with Crippen LogP contribution in [0.25, 0.3) is 0 Å². The molecule has 8 nitrogen and oxygen atoms in total. The summed E-state index contributed by atoms with van der Waals surface area (Å²) in [7, 11) is 1.28. The summed E-state index contributed by atoms with van der Waals surface area (Å²) in [5.74, 6) is 0.510. The highest BCUT2D eigenvalue weighted by Crippen LogP contribution is 2.34. The number of nitrogens with two attached hydrogens (primary N) is 1. The van der Waals surface area contributed by atoms with E-state index >= 15 is 0 Å². The first-order chi connectivity index (χ1) is 12.1. The van der Waals surface area contributed by atoms with E-state index in [4.69, 9.17) is 19.9 Å². The number of carbonyl (C=O) groups excluding carboxylic acids is 2. The topological polar surface area (TPSA) is 109 Å². The van der Waals surface area contributed by atoms with Gasteiger partial charge < -0.3 is 30.0 Å². The van der Waals surface area contributed by atoms with Gasteiger partial charge in [0.05, 0.1) is 18.4 Å². The summed E-state index contributed by atoms with van der Waals surface area (Å²) < 4.78 is 20.5. The molecule has 0 fully saturated rings. The van der Waals surface area contributed by atoms with E-state index in [0.717, 1.165) is 0 Å². The molecule has 3 rings (SSSR count). The summed E-state index contributed by atoms with van der Waals surface area (Å²) in [5, 5.41) is 2.68. The van der Waals surface area contributed by atoms with Gasteiger partial charge in [0.1, 0.15) is 5.75 Å². The molecule has 0 spiro atoms. The Balaban J connectivity index is 1.61. The zero-order valence-electron chi connectivity index (χ0n) is 13.4. The van der Waals surface area contributed by atoms with Gasteiger partial charge in [-0.1, -0.05) is 0 Å². The molecule has 1 aliphatic rings. The van der Waals surface area contributed by atoms with Crippen LogP contribution in [0.2, 0.25) is 0 Å². The van der Waals surface area contributed by atoms with E-state index in [2.05, 4.69) is 10.1 Å². The lowest BCUT2D eigenvalue weighted by Gasteiger charge is -2.11. The zero-order chi connectivity index (χ0) is 17.8. The number of methoxy groups -OCH3 is 1. The van der Waals surface area contributed by atoms with Crippen LogP contribution in [0.4, 0.5) is 11.4 Å². The van der Waals surface area contributed by atoms with E-state index in [1.165, 1.54) is 25.3 Å². The van der Waals surface area contributed by atoms with E-state index < -0.39 is 5.97 Å². The Labute approximate surface area is 143 Å². The fraction of sp³-hybridized carbons (Fsp3) is 0.176. The first-order valence-corrected chi connectivity index (χ1v) is 7.37. The van der Waals surface area contributed by atoms with Gasteiger partial charge in [0.2, 0.25) is 6.79 Å². The first kappa shape index (κ1) is 16.4. The van der Waals surface area contributed by atoms with Crippen molar-refractivity contribution in [3.8, 4) is 17.2 Å². The van der Waals surface area contributed by atoms with Gasteiger partial charge >= 0.3 is 5.97 Å². The lowest BCUT2D eigenvalue weighted by atomic mass is 10.2. The molecule has 25 heavy (non-hydrogen) atoms. The third-order valence-electron chi connectivity index (χ3n) is 3.45. The fourth-order valence-electron chi connectivity index (χ4n) is 2.22. The van der Waals surface area contributed by atoms with Crippen LogP contribution in [-0.4, -0.2) is 32.4 Å². The second-order valence-corrected chi connectivity index (χ2v) is 5.15. The number of hydrogen-bond donors (Lipinski definition) is 2. The van der Waals surface area contributed by atoms with Crippen molar-refractivity contribution < 1.29 is 28.5 Å². The second-order valence-electron chi connectivity index (χ2n) is 5.15. The van der Waals surface area contributed by atoms with Crippen LogP contribution in [0.3, 0.4) is 0 Å². The number of rotatable bonds is 5. The van der Waals surface area contributed by atoms with Gasteiger partial charge in [-0.05, 0) is 30.3 Å². The molecule has 0 radical (unpaired) electrons. The smallest absolute Gasteiger partial charge is 0.337 e. The van der Waals surface area contributed by atoms with Gasteiger partial charge in [0, 0.05) is 11.8 Å². The minimum atomic E-state index is -0.519. The van der Waals surface area contributed by atoms with Crippen LogP contribution < -0.4 is 25.3 Å². The van der Waals surface area contributed by atoms with Crippen LogP contribution >= 0.6 is 0 Å². The predicted molar refractivity (Wildman–Crippen MR) is 88.9 cm³/mol. The monoisotopic (exact) mass is 344 g/mol. The van der Waals surface area contributed by atoms with Crippen LogP contribution in [0.15, 0.2) is 36.4 Å². The Hall–Kier alpha value is -3.42. The van der Waals surface area contributed by atoms with Gasteiger partial charge in [0.15, 0.2) is 18.1 Å². The van der Waals surface area contributed by atoms with Crippen molar-refractivity contribution in [2.75, 3.05) is 31.6 Å². The maximum atomic E-state index is 12.0. The normalized spacial score (nSPS) is 11.7. The van der Waals surface area contributed by atoms with Crippen LogP contribution in [0.5, 0.6) is 17.2 Å². The number of fused-ring (bicyclic) bond motifs is 1. The Kier molecular flexibility index (Phi) is 4.60. The number of ether oxygens (including phenoxy) is 4. The molecule has 0 aliphatic carbocycles. The largest absolute Gasteiger partial charge is 0.482 e. The molecule has 2 aromatic carbocycles. The zero-order valence-corrected chi connectivity index (χ0v) is 13.4. The SMILES string of the molecule is COC(=O)c1ccc(N)c(OCC(=O)Nc2ccc3c(c2)OCO3)c1. The number of esters is 1. The van der Waals surface area contributed by atoms with Crippen molar-refractivity contribution in [2.45, 2.75) is 0 Å². The molecule has 2 aromatic rings. The molecule has 1 amide bonds. The molecular weight excluding hydrogens is 328 g/mol. The first-order valence-electron chi connectivity index (χ1n) is 7.37. The summed E-state index contributed by atoms with van der Waals surface area (Å²) in [5.41, 5.74) is 6.93. The lowest BCUT2D eigenvalue weighted by Crippen LogP contribution is -2.20. The Morgan fingerprint density at radius 2 is 1.96 bits per heavy atom. The summed E-state index contributed by atoms with van der Waals surface area (Å²) >= 11 is 0. The molecule has 0 aromatic heterocycles. The molecule has 130 valence electrons.